The van der Waals surface area contributed by atoms with Crippen LogP contribution >= 0.6 is 0 Å². The second kappa shape index (κ2) is 6.25. The molecule has 0 spiro atoms. The zero-order valence-electron chi connectivity index (χ0n) is 11.1. The normalized spacial score (nSPS) is 10.8. The van der Waals surface area contributed by atoms with Gasteiger partial charge in [-0.15, -0.1) is 0 Å². The van der Waals surface area contributed by atoms with Crippen LogP contribution in [0.5, 0.6) is 0 Å². The smallest absolute Gasteiger partial charge is 0.354 e. The molecule has 5 heteroatoms. The highest BCUT2D eigenvalue weighted by atomic mass is 19.1. The lowest BCUT2D eigenvalue weighted by Gasteiger charge is -2.17. The van der Waals surface area contributed by atoms with Gasteiger partial charge < -0.3 is 5.11 Å². The second-order valence-electron chi connectivity index (χ2n) is 4.62. The molecule has 1 aromatic carbocycles. The third-order valence-electron chi connectivity index (χ3n) is 2.89. The first kappa shape index (κ1) is 14.1. The van der Waals surface area contributed by atoms with Gasteiger partial charge in [0.15, 0.2) is 0 Å². The summed E-state index contributed by atoms with van der Waals surface area (Å²) >= 11 is 0. The number of carboxylic acid groups (broad SMARTS) is 1. The van der Waals surface area contributed by atoms with Gasteiger partial charge in [0.1, 0.15) is 11.5 Å². The predicted molar refractivity (Wildman–Crippen MR) is 72.8 cm³/mol. The number of aromatic nitrogens is 1. The van der Waals surface area contributed by atoms with E-state index in [4.69, 9.17) is 5.11 Å². The van der Waals surface area contributed by atoms with Crippen LogP contribution in [-0.2, 0) is 13.1 Å². The molecule has 0 saturated carbocycles. The molecule has 0 aliphatic heterocycles. The molecule has 0 saturated heterocycles. The summed E-state index contributed by atoms with van der Waals surface area (Å²) in [5.41, 5.74) is 1.46. The van der Waals surface area contributed by atoms with E-state index in [9.17, 15) is 9.18 Å². The van der Waals surface area contributed by atoms with Gasteiger partial charge in [-0.3, -0.25) is 4.90 Å². The Morgan fingerprint density at radius 1 is 1.30 bits per heavy atom. The lowest BCUT2D eigenvalue weighted by Crippen LogP contribution is -2.18. The third kappa shape index (κ3) is 3.61. The number of pyridine rings is 1. The molecule has 0 fully saturated rings. The van der Waals surface area contributed by atoms with Gasteiger partial charge in [-0.1, -0.05) is 18.2 Å². The summed E-state index contributed by atoms with van der Waals surface area (Å²) in [5.74, 6) is -1.29. The highest BCUT2D eigenvalue weighted by molar-refractivity contribution is 5.85. The minimum absolute atomic E-state index is 0.0155. The average Bonchev–Trinajstić information content (AvgIpc) is 2.41. The molecule has 0 bridgehead atoms. The van der Waals surface area contributed by atoms with E-state index in [1.165, 1.54) is 18.3 Å². The number of hydrogen-bond acceptors (Lipinski definition) is 3. The fourth-order valence-electron chi connectivity index (χ4n) is 1.97. The molecule has 2 rings (SSSR count). The van der Waals surface area contributed by atoms with E-state index in [0.717, 1.165) is 5.56 Å². The Morgan fingerprint density at radius 3 is 2.75 bits per heavy atom. The van der Waals surface area contributed by atoms with Gasteiger partial charge in [-0.25, -0.2) is 14.2 Å². The quantitative estimate of drug-likeness (QED) is 0.910. The molecule has 1 heterocycles. The van der Waals surface area contributed by atoms with Gasteiger partial charge in [-0.05, 0) is 30.8 Å². The van der Waals surface area contributed by atoms with Crippen molar-refractivity contribution in [1.29, 1.82) is 0 Å². The van der Waals surface area contributed by atoms with Gasteiger partial charge in [-0.2, -0.15) is 0 Å². The standard InChI is InChI=1S/C15H15FN2O2/c1-18(10-12-4-2-3-5-13(12)16)9-11-6-7-17-14(8-11)15(19)20/h2-8H,9-10H2,1H3,(H,19,20). The molecule has 0 unspecified atom stereocenters. The largest absolute Gasteiger partial charge is 0.477 e. The molecular formula is C15H15FN2O2. The van der Waals surface area contributed by atoms with E-state index in [-0.39, 0.29) is 11.5 Å². The highest BCUT2D eigenvalue weighted by Gasteiger charge is 2.08. The van der Waals surface area contributed by atoms with Gasteiger partial charge in [0.25, 0.3) is 0 Å². The number of halogens is 1. The van der Waals surface area contributed by atoms with Crippen LogP contribution in [0.15, 0.2) is 42.6 Å². The van der Waals surface area contributed by atoms with E-state index in [1.807, 2.05) is 11.9 Å². The number of aromatic carboxylic acids is 1. The Balaban J connectivity index is 2.05. The molecule has 2 aromatic rings. The van der Waals surface area contributed by atoms with Crippen LogP contribution in [0.4, 0.5) is 4.39 Å². The van der Waals surface area contributed by atoms with Crippen LogP contribution < -0.4 is 0 Å². The van der Waals surface area contributed by atoms with Crippen LogP contribution in [-0.4, -0.2) is 28.0 Å². The van der Waals surface area contributed by atoms with Crippen molar-refractivity contribution in [2.24, 2.45) is 0 Å². The predicted octanol–water partition coefficient (Wildman–Crippen LogP) is 2.55. The Hall–Kier alpha value is -2.27. The molecule has 0 aliphatic rings. The Labute approximate surface area is 116 Å². The van der Waals surface area contributed by atoms with Crippen molar-refractivity contribution in [3.8, 4) is 0 Å². The Kier molecular flexibility index (Phi) is 4.42. The fourth-order valence-corrected chi connectivity index (χ4v) is 1.97. The fraction of sp³-hybridized carbons (Fsp3) is 0.200. The Bertz CT molecular complexity index is 616. The number of benzene rings is 1. The molecule has 0 atom stereocenters. The highest BCUT2D eigenvalue weighted by Crippen LogP contribution is 2.11. The molecular weight excluding hydrogens is 259 g/mol. The van der Waals surface area contributed by atoms with Crippen molar-refractivity contribution >= 4 is 5.97 Å². The molecule has 20 heavy (non-hydrogen) atoms. The number of carboxylic acids is 1. The van der Waals surface area contributed by atoms with E-state index in [2.05, 4.69) is 4.98 Å². The second-order valence-corrected chi connectivity index (χ2v) is 4.62. The van der Waals surface area contributed by atoms with Gasteiger partial charge in [0.05, 0.1) is 0 Å². The topological polar surface area (TPSA) is 53.4 Å². The SMILES string of the molecule is CN(Cc1ccnc(C(=O)O)c1)Cc1ccccc1F. The average molecular weight is 274 g/mol. The van der Waals surface area contributed by atoms with Crippen LogP contribution in [0, 0.1) is 5.82 Å². The molecule has 104 valence electrons. The third-order valence-corrected chi connectivity index (χ3v) is 2.89. The molecule has 1 aromatic heterocycles. The van der Waals surface area contributed by atoms with Crippen molar-refractivity contribution in [1.82, 2.24) is 9.88 Å². The molecule has 0 radical (unpaired) electrons. The molecule has 1 N–H and O–H groups in total. The maximum Gasteiger partial charge on any atom is 0.354 e. The summed E-state index contributed by atoms with van der Waals surface area (Å²) in [5, 5.41) is 8.89. The lowest BCUT2D eigenvalue weighted by atomic mass is 10.1. The van der Waals surface area contributed by atoms with Crippen LogP contribution in [0.3, 0.4) is 0 Å². The van der Waals surface area contributed by atoms with E-state index in [0.29, 0.717) is 18.7 Å². The number of nitrogens with zero attached hydrogens (tertiary/aromatic N) is 2. The minimum Gasteiger partial charge on any atom is -0.477 e. The molecule has 0 aliphatic carbocycles. The van der Waals surface area contributed by atoms with E-state index in [1.54, 1.807) is 24.3 Å². The summed E-state index contributed by atoms with van der Waals surface area (Å²) in [4.78, 5) is 16.5. The summed E-state index contributed by atoms with van der Waals surface area (Å²) in [7, 11) is 1.85. The van der Waals surface area contributed by atoms with Crippen molar-refractivity contribution in [3.63, 3.8) is 0 Å². The lowest BCUT2D eigenvalue weighted by molar-refractivity contribution is 0.0690. The summed E-state index contributed by atoms with van der Waals surface area (Å²) in [6.45, 7) is 0.981. The maximum absolute atomic E-state index is 13.5. The first-order valence-electron chi connectivity index (χ1n) is 6.16. The van der Waals surface area contributed by atoms with Gasteiger partial charge >= 0.3 is 5.97 Å². The van der Waals surface area contributed by atoms with Gasteiger partial charge in [0.2, 0.25) is 0 Å². The Morgan fingerprint density at radius 2 is 2.05 bits per heavy atom. The number of hydrogen-bond donors (Lipinski definition) is 1. The van der Waals surface area contributed by atoms with Crippen molar-refractivity contribution in [2.75, 3.05) is 7.05 Å². The van der Waals surface area contributed by atoms with Crippen LogP contribution in [0.1, 0.15) is 21.6 Å². The van der Waals surface area contributed by atoms with E-state index >= 15 is 0 Å². The molecule has 4 nitrogen and oxygen atoms in total. The van der Waals surface area contributed by atoms with Gasteiger partial charge in [0, 0.05) is 24.8 Å². The molecule has 0 amide bonds. The van der Waals surface area contributed by atoms with Crippen molar-refractivity contribution < 1.29 is 14.3 Å². The number of rotatable bonds is 5. The zero-order chi connectivity index (χ0) is 14.5. The summed E-state index contributed by atoms with van der Waals surface area (Å²) in [6, 6.07) is 9.89. The minimum atomic E-state index is -1.05. The monoisotopic (exact) mass is 274 g/mol. The first-order valence-corrected chi connectivity index (χ1v) is 6.16. The summed E-state index contributed by atoms with van der Waals surface area (Å²) < 4.78 is 13.5. The zero-order valence-corrected chi connectivity index (χ0v) is 11.1. The van der Waals surface area contributed by atoms with Crippen LogP contribution in [0.25, 0.3) is 0 Å². The maximum atomic E-state index is 13.5. The first-order chi connectivity index (χ1) is 9.56. The van der Waals surface area contributed by atoms with E-state index < -0.39 is 5.97 Å². The van der Waals surface area contributed by atoms with Crippen molar-refractivity contribution in [3.05, 3.63) is 65.2 Å². The van der Waals surface area contributed by atoms with Crippen molar-refractivity contribution in [2.45, 2.75) is 13.1 Å². The van der Waals surface area contributed by atoms with Crippen LogP contribution in [0.2, 0.25) is 0 Å². The summed E-state index contributed by atoms with van der Waals surface area (Å²) in [6.07, 6.45) is 1.47. The number of carbonyl (C=O) groups is 1.